The first kappa shape index (κ1) is 46.0. The number of nitrogens with one attached hydrogen (secondary N) is 4. The number of hydrogen-bond acceptors (Lipinski definition) is 12. The molecule has 64 heavy (non-hydrogen) atoms. The van der Waals surface area contributed by atoms with Crippen LogP contribution in [-0.4, -0.2) is 92.3 Å². The summed E-state index contributed by atoms with van der Waals surface area (Å²) in [6.45, 7) is 16.7. The second-order valence-corrected chi connectivity index (χ2v) is 18.3. The van der Waals surface area contributed by atoms with Crippen LogP contribution >= 0.6 is 23.1 Å². The minimum Gasteiger partial charge on any atom is -0.444 e. The summed E-state index contributed by atoms with van der Waals surface area (Å²) in [5.41, 5.74) is 8.54. The number of aryl methyl sites for hydroxylation is 2. The van der Waals surface area contributed by atoms with E-state index in [1.54, 1.807) is 27.8 Å². The normalized spacial score (nSPS) is 11.5. The number of fused-ring (bicyclic) bond motifs is 4. The lowest BCUT2D eigenvalue weighted by atomic mass is 10.1. The predicted octanol–water partition coefficient (Wildman–Crippen LogP) is 8.15. The van der Waals surface area contributed by atoms with Gasteiger partial charge in [0.15, 0.2) is 22.1 Å². The lowest BCUT2D eigenvalue weighted by molar-refractivity contribution is -0.115. The summed E-state index contributed by atoms with van der Waals surface area (Å²) in [7, 11) is 0. The van der Waals surface area contributed by atoms with Crippen molar-refractivity contribution in [3.63, 3.8) is 0 Å². The number of anilines is 1. The smallest absolute Gasteiger partial charge is 0.407 e. The van der Waals surface area contributed by atoms with Crippen molar-refractivity contribution >= 4 is 73.9 Å². The maximum Gasteiger partial charge on any atom is 0.407 e. The Kier molecular flexibility index (Phi) is 15.5. The van der Waals surface area contributed by atoms with E-state index in [-0.39, 0.29) is 5.91 Å². The molecule has 0 aliphatic rings. The first-order valence-electron chi connectivity index (χ1n) is 21.7. The van der Waals surface area contributed by atoms with E-state index in [2.05, 4.69) is 122 Å². The summed E-state index contributed by atoms with van der Waals surface area (Å²) in [4.78, 5) is 35.3. The summed E-state index contributed by atoms with van der Waals surface area (Å²) in [5.74, 6) is 6.66. The Hall–Kier alpha value is -5.99. The molecule has 334 valence electrons. The monoisotopic (exact) mass is 900 g/mol. The molecular formula is C48H56N10O4S2. The number of benzene rings is 3. The van der Waals surface area contributed by atoms with Gasteiger partial charge in [0.25, 0.3) is 5.91 Å². The van der Waals surface area contributed by atoms with Crippen LogP contribution in [0.3, 0.4) is 0 Å². The minimum absolute atomic E-state index is 0.334. The zero-order chi connectivity index (χ0) is 45.1. The van der Waals surface area contributed by atoms with Crippen molar-refractivity contribution in [1.29, 1.82) is 0 Å². The highest BCUT2D eigenvalue weighted by molar-refractivity contribution is 7.99. The molecule has 0 spiro atoms. The number of ether oxygens (including phenoxy) is 2. The molecule has 14 nitrogen and oxygen atoms in total. The first-order chi connectivity index (χ1) is 31.0. The number of carbonyl (C=O) groups excluding carboxylic acids is 2. The van der Waals surface area contributed by atoms with Crippen LogP contribution in [0.4, 0.5) is 10.6 Å². The topological polar surface area (TPSA) is 162 Å². The van der Waals surface area contributed by atoms with Gasteiger partial charge in [-0.3, -0.25) is 4.79 Å². The number of hydrogen-bond donors (Lipinski definition) is 4. The molecular weight excluding hydrogens is 845 g/mol. The molecule has 0 fully saturated rings. The molecule has 7 rings (SSSR count). The van der Waals surface area contributed by atoms with Gasteiger partial charge in [-0.1, -0.05) is 60.2 Å². The van der Waals surface area contributed by atoms with Crippen molar-refractivity contribution in [3.8, 4) is 22.3 Å². The molecule has 0 saturated heterocycles. The quantitative estimate of drug-likeness (QED) is 0.0268. The first-order valence-corrected chi connectivity index (χ1v) is 23.6. The van der Waals surface area contributed by atoms with E-state index < -0.39 is 11.7 Å². The fraction of sp³-hybridized carbons (Fsp3) is 0.375. The van der Waals surface area contributed by atoms with Crippen molar-refractivity contribution in [2.45, 2.75) is 78.4 Å². The molecule has 4 heterocycles. The number of carbonyl (C=O) groups is 2. The van der Waals surface area contributed by atoms with Crippen molar-refractivity contribution < 1.29 is 19.1 Å². The third kappa shape index (κ3) is 12.2. The largest absolute Gasteiger partial charge is 0.444 e. The average Bonchev–Trinajstić information content (AvgIpc) is 3.99. The Morgan fingerprint density at radius 1 is 0.875 bits per heavy atom. The summed E-state index contributed by atoms with van der Waals surface area (Å²) < 4.78 is 15.2. The number of nitrogens with zero attached hydrogens (tertiary/aromatic N) is 6. The van der Waals surface area contributed by atoms with Crippen molar-refractivity contribution in [2.75, 3.05) is 50.5 Å². The lowest BCUT2D eigenvalue weighted by Gasteiger charge is -2.19. The Balaban J connectivity index is 0.834. The van der Waals surface area contributed by atoms with Gasteiger partial charge in [-0.25, -0.2) is 19.4 Å². The molecule has 0 saturated carbocycles. The van der Waals surface area contributed by atoms with Crippen LogP contribution in [-0.2, 0) is 33.9 Å². The Morgan fingerprint density at radius 2 is 1.69 bits per heavy atom. The number of rotatable bonds is 19. The molecule has 0 radical (unpaired) electrons. The fourth-order valence-corrected chi connectivity index (χ4v) is 8.66. The van der Waals surface area contributed by atoms with Crippen LogP contribution in [0, 0.1) is 18.8 Å². The number of aromatic nitrogens is 6. The molecule has 3 aromatic carbocycles. The van der Waals surface area contributed by atoms with Gasteiger partial charge in [-0.2, -0.15) is 0 Å². The molecule has 7 aromatic rings. The predicted molar refractivity (Wildman–Crippen MR) is 258 cm³/mol. The number of alkyl carbamates (subject to hydrolysis) is 1. The summed E-state index contributed by atoms with van der Waals surface area (Å²) >= 11 is 3.35. The highest BCUT2D eigenvalue weighted by atomic mass is 32.2. The molecule has 4 aromatic heterocycles. The zero-order valence-electron chi connectivity index (χ0n) is 37.3. The van der Waals surface area contributed by atoms with Crippen LogP contribution in [0.15, 0.2) is 77.3 Å². The van der Waals surface area contributed by atoms with Gasteiger partial charge in [0.1, 0.15) is 5.60 Å². The molecule has 4 N–H and O–H groups in total. The van der Waals surface area contributed by atoms with Crippen LogP contribution < -0.4 is 21.3 Å². The van der Waals surface area contributed by atoms with Gasteiger partial charge in [-0.05, 0) is 105 Å². The van der Waals surface area contributed by atoms with E-state index in [0.717, 1.165) is 30.8 Å². The second-order valence-electron chi connectivity index (χ2n) is 16.3. The highest BCUT2D eigenvalue weighted by Crippen LogP contribution is 2.35. The maximum absolute atomic E-state index is 12.5. The van der Waals surface area contributed by atoms with Gasteiger partial charge in [0, 0.05) is 83.2 Å². The summed E-state index contributed by atoms with van der Waals surface area (Å²) in [5, 5.41) is 26.4. The van der Waals surface area contributed by atoms with Crippen LogP contribution in [0.2, 0.25) is 0 Å². The average molecular weight is 901 g/mol. The SMILES string of the molecule is CCCSc1nc(NCCNC(=O)OC(C)(C)C)c2nnn(Cc3ccc(C#CC(=O)NCCOCCNCc4ccc5c(c4)c4ccc(-c6cc(C)cs6)cc4n5CC)cc3)c2n1. The van der Waals surface area contributed by atoms with E-state index in [9.17, 15) is 9.59 Å². The third-order valence-corrected chi connectivity index (χ3v) is 12.2. The van der Waals surface area contributed by atoms with Crippen LogP contribution in [0.5, 0.6) is 0 Å². The molecule has 0 unspecified atom stereocenters. The van der Waals surface area contributed by atoms with E-state index in [4.69, 9.17) is 14.5 Å². The van der Waals surface area contributed by atoms with E-state index in [0.29, 0.717) is 73.6 Å². The molecule has 0 aliphatic heterocycles. The maximum atomic E-state index is 12.5. The van der Waals surface area contributed by atoms with Gasteiger partial charge < -0.3 is 35.3 Å². The molecule has 0 aliphatic carbocycles. The van der Waals surface area contributed by atoms with E-state index in [1.165, 1.54) is 43.4 Å². The summed E-state index contributed by atoms with van der Waals surface area (Å²) in [6, 6.07) is 23.4. The van der Waals surface area contributed by atoms with E-state index in [1.807, 2.05) is 45.0 Å². The van der Waals surface area contributed by atoms with Gasteiger partial charge in [0.05, 0.1) is 19.8 Å². The van der Waals surface area contributed by atoms with Crippen molar-refractivity contribution in [1.82, 2.24) is 45.5 Å². The van der Waals surface area contributed by atoms with Gasteiger partial charge in [-0.15, -0.1) is 16.4 Å². The number of amides is 2. The minimum atomic E-state index is -0.574. The van der Waals surface area contributed by atoms with Gasteiger partial charge in [0.2, 0.25) is 0 Å². The standard InChI is InChI=1S/C48H56N10O4S2/c1-7-25-63-46-53-44(51-19-20-52-47(60)62-48(4,5)6)43-45(54-46)58(56-55-43)30-34-11-9-33(10-12-34)14-18-42(59)50-22-24-61-23-21-49-29-35-13-17-39-38(27-35)37-16-15-36(28-40(37)57(39)8-2)41-26-32(3)31-64-41/h9-13,15-17,26-28,31,49H,7-8,19-25,29-30H2,1-6H3,(H,50,59)(H,52,60)(H,51,53,54). The Bertz CT molecular complexity index is 2780. The number of thiophene rings is 1. The van der Waals surface area contributed by atoms with Gasteiger partial charge >= 0.3 is 6.09 Å². The fourth-order valence-electron chi connectivity index (χ4n) is 7.07. The zero-order valence-corrected chi connectivity index (χ0v) is 39.0. The van der Waals surface area contributed by atoms with Crippen LogP contribution in [0.1, 0.15) is 63.3 Å². The highest BCUT2D eigenvalue weighted by Gasteiger charge is 2.18. The molecule has 0 atom stereocenters. The Labute approximate surface area is 382 Å². The Morgan fingerprint density at radius 3 is 2.45 bits per heavy atom. The lowest BCUT2D eigenvalue weighted by Crippen LogP contribution is -2.35. The molecule has 0 bridgehead atoms. The summed E-state index contributed by atoms with van der Waals surface area (Å²) in [6.07, 6.45) is 0.492. The van der Waals surface area contributed by atoms with E-state index >= 15 is 0 Å². The van der Waals surface area contributed by atoms with Crippen LogP contribution in [0.25, 0.3) is 43.4 Å². The molecule has 16 heteroatoms. The molecule has 2 amide bonds. The third-order valence-electron chi connectivity index (χ3n) is 10.0. The van der Waals surface area contributed by atoms with Crippen molar-refractivity contribution in [3.05, 3.63) is 94.4 Å². The number of thioether (sulfide) groups is 1. The second kappa shape index (κ2) is 21.6. The van der Waals surface area contributed by atoms with Crippen molar-refractivity contribution in [2.24, 2.45) is 0 Å².